The Morgan fingerprint density at radius 2 is 1.68 bits per heavy atom. The van der Waals surface area contributed by atoms with Crippen LogP contribution in [0.3, 0.4) is 0 Å². The molecule has 0 aromatic carbocycles. The Balaban J connectivity index is 1.89. The summed E-state index contributed by atoms with van der Waals surface area (Å²) >= 11 is 0. The maximum atomic E-state index is 12.0. The molecule has 106 valence electrons. The summed E-state index contributed by atoms with van der Waals surface area (Å²) in [4.78, 5) is 40.3. The monoisotopic (exact) mass is 268 g/mol. The van der Waals surface area contributed by atoms with E-state index in [0.717, 1.165) is 13.1 Å². The van der Waals surface area contributed by atoms with E-state index < -0.39 is 0 Å². The number of nitrogens with zero attached hydrogens (tertiary/aromatic N) is 3. The van der Waals surface area contributed by atoms with Gasteiger partial charge < -0.3 is 20.0 Å². The zero-order chi connectivity index (χ0) is 13.8. The molecule has 2 aliphatic heterocycles. The molecule has 2 saturated heterocycles. The number of rotatable bonds is 3. The third-order valence-corrected chi connectivity index (χ3v) is 3.54. The van der Waals surface area contributed by atoms with E-state index in [0.29, 0.717) is 19.6 Å². The van der Waals surface area contributed by atoms with Crippen LogP contribution in [0.15, 0.2) is 0 Å². The minimum Gasteiger partial charge on any atom is -0.339 e. The summed E-state index contributed by atoms with van der Waals surface area (Å²) < 4.78 is 0. The molecule has 2 rings (SSSR count). The fraction of sp³-hybridized carbons (Fsp3) is 0.750. The van der Waals surface area contributed by atoms with Crippen LogP contribution in [0.25, 0.3) is 0 Å². The second-order valence-corrected chi connectivity index (χ2v) is 4.79. The highest BCUT2D eigenvalue weighted by Gasteiger charge is 2.31. The highest BCUT2D eigenvalue weighted by molar-refractivity contribution is 5.95. The molecule has 7 heteroatoms. The van der Waals surface area contributed by atoms with Crippen LogP contribution >= 0.6 is 0 Å². The Morgan fingerprint density at radius 1 is 1.11 bits per heavy atom. The minimum absolute atomic E-state index is 0.0160. The Kier molecular flexibility index (Phi) is 4.36. The van der Waals surface area contributed by atoms with E-state index in [1.165, 1.54) is 9.80 Å². The Labute approximate surface area is 112 Å². The zero-order valence-electron chi connectivity index (χ0n) is 11.2. The second kappa shape index (κ2) is 6.01. The van der Waals surface area contributed by atoms with E-state index in [-0.39, 0.29) is 37.4 Å². The van der Waals surface area contributed by atoms with E-state index in [2.05, 4.69) is 5.32 Å². The lowest BCUT2D eigenvalue weighted by atomic mass is 10.2. The number of hydrogen-bond donors (Lipinski definition) is 1. The van der Waals surface area contributed by atoms with E-state index in [4.69, 9.17) is 0 Å². The van der Waals surface area contributed by atoms with Gasteiger partial charge in [-0.3, -0.25) is 14.4 Å². The fourth-order valence-corrected chi connectivity index (χ4v) is 2.31. The highest BCUT2D eigenvalue weighted by atomic mass is 16.2. The van der Waals surface area contributed by atoms with Crippen LogP contribution in [0.4, 0.5) is 0 Å². The van der Waals surface area contributed by atoms with Gasteiger partial charge in [0.2, 0.25) is 17.7 Å². The number of likely N-dealkylation sites (N-methyl/N-ethyl adjacent to an activating group) is 1. The highest BCUT2D eigenvalue weighted by Crippen LogP contribution is 2.05. The first kappa shape index (κ1) is 13.8. The molecule has 0 aromatic rings. The van der Waals surface area contributed by atoms with Gasteiger partial charge in [-0.1, -0.05) is 0 Å². The number of carbonyl (C=O) groups excluding carboxylic acids is 3. The molecule has 0 radical (unpaired) electrons. The van der Waals surface area contributed by atoms with Crippen LogP contribution in [0, 0.1) is 0 Å². The molecule has 2 aliphatic rings. The summed E-state index contributed by atoms with van der Waals surface area (Å²) in [5, 5.41) is 3.17. The summed E-state index contributed by atoms with van der Waals surface area (Å²) in [5.74, 6) is -0.312. The first-order valence-electron chi connectivity index (χ1n) is 6.66. The predicted molar refractivity (Wildman–Crippen MR) is 68.3 cm³/mol. The summed E-state index contributed by atoms with van der Waals surface area (Å²) in [7, 11) is 0. The average Bonchev–Trinajstić information content (AvgIpc) is 2.43. The lowest BCUT2D eigenvalue weighted by Gasteiger charge is -2.35. The summed E-state index contributed by atoms with van der Waals surface area (Å²) in [6.45, 7) is 5.38. The van der Waals surface area contributed by atoms with Gasteiger partial charge in [-0.25, -0.2) is 0 Å². The minimum atomic E-state index is -0.148. The Morgan fingerprint density at radius 3 is 2.32 bits per heavy atom. The Bertz CT molecular complexity index is 379. The van der Waals surface area contributed by atoms with Crippen molar-refractivity contribution in [2.75, 3.05) is 52.4 Å². The number of carbonyl (C=O) groups is 3. The van der Waals surface area contributed by atoms with Crippen molar-refractivity contribution in [3.63, 3.8) is 0 Å². The number of nitrogens with one attached hydrogen (secondary N) is 1. The van der Waals surface area contributed by atoms with Crippen LogP contribution in [0.5, 0.6) is 0 Å². The zero-order valence-corrected chi connectivity index (χ0v) is 11.2. The van der Waals surface area contributed by atoms with Crippen LogP contribution in [0.1, 0.15) is 6.92 Å². The molecule has 1 N–H and O–H groups in total. The van der Waals surface area contributed by atoms with Crippen LogP contribution < -0.4 is 5.32 Å². The smallest absolute Gasteiger partial charge is 0.243 e. The SMILES string of the molecule is CCN1CC(=O)N(CC(=O)N2CCNCC2)CC1=O. The first-order chi connectivity index (χ1) is 9.11. The van der Waals surface area contributed by atoms with Crippen molar-refractivity contribution < 1.29 is 14.4 Å². The van der Waals surface area contributed by atoms with E-state index in [1.807, 2.05) is 6.92 Å². The molecule has 3 amide bonds. The molecular weight excluding hydrogens is 248 g/mol. The van der Waals surface area contributed by atoms with Crippen molar-refractivity contribution >= 4 is 17.7 Å². The van der Waals surface area contributed by atoms with E-state index in [1.54, 1.807) is 4.90 Å². The molecule has 2 heterocycles. The second-order valence-electron chi connectivity index (χ2n) is 4.79. The number of piperazine rings is 2. The average molecular weight is 268 g/mol. The van der Waals surface area contributed by atoms with Crippen molar-refractivity contribution in [1.29, 1.82) is 0 Å². The van der Waals surface area contributed by atoms with Crippen LogP contribution in [-0.2, 0) is 14.4 Å². The lowest BCUT2D eigenvalue weighted by Crippen LogP contribution is -2.57. The van der Waals surface area contributed by atoms with Gasteiger partial charge in [-0.05, 0) is 6.92 Å². The van der Waals surface area contributed by atoms with Gasteiger partial charge >= 0.3 is 0 Å². The van der Waals surface area contributed by atoms with Gasteiger partial charge in [0.05, 0.1) is 6.54 Å². The standard InChI is InChI=1S/C12H20N4O3/c1-2-14-7-12(19)16(8-10(14)17)9-11(18)15-5-3-13-4-6-15/h13H,2-9H2,1H3. The molecule has 0 saturated carbocycles. The van der Waals surface area contributed by atoms with Crippen molar-refractivity contribution in [3.8, 4) is 0 Å². The molecule has 2 fully saturated rings. The quantitative estimate of drug-likeness (QED) is 0.649. The topological polar surface area (TPSA) is 73.0 Å². The molecule has 0 spiro atoms. The van der Waals surface area contributed by atoms with Gasteiger partial charge in [0.25, 0.3) is 0 Å². The van der Waals surface area contributed by atoms with E-state index >= 15 is 0 Å². The van der Waals surface area contributed by atoms with Gasteiger partial charge in [0, 0.05) is 32.7 Å². The van der Waals surface area contributed by atoms with Crippen molar-refractivity contribution in [1.82, 2.24) is 20.0 Å². The number of hydrogen-bond acceptors (Lipinski definition) is 4. The molecule has 0 bridgehead atoms. The third kappa shape index (κ3) is 3.23. The number of amides is 3. The van der Waals surface area contributed by atoms with Gasteiger partial charge in [-0.15, -0.1) is 0 Å². The summed E-state index contributed by atoms with van der Waals surface area (Å²) in [5.41, 5.74) is 0. The van der Waals surface area contributed by atoms with Gasteiger partial charge in [0.1, 0.15) is 13.1 Å². The van der Waals surface area contributed by atoms with Crippen molar-refractivity contribution in [2.45, 2.75) is 6.92 Å². The summed E-state index contributed by atoms with van der Waals surface area (Å²) in [6, 6.07) is 0. The maximum Gasteiger partial charge on any atom is 0.243 e. The molecule has 0 unspecified atom stereocenters. The van der Waals surface area contributed by atoms with E-state index in [9.17, 15) is 14.4 Å². The van der Waals surface area contributed by atoms with Crippen molar-refractivity contribution in [2.24, 2.45) is 0 Å². The van der Waals surface area contributed by atoms with Crippen LogP contribution in [-0.4, -0.2) is 84.8 Å². The molecule has 19 heavy (non-hydrogen) atoms. The largest absolute Gasteiger partial charge is 0.339 e. The lowest BCUT2D eigenvalue weighted by molar-refractivity contribution is -0.152. The molecular formula is C12H20N4O3. The van der Waals surface area contributed by atoms with Crippen molar-refractivity contribution in [3.05, 3.63) is 0 Å². The molecule has 0 aromatic heterocycles. The third-order valence-electron chi connectivity index (χ3n) is 3.54. The first-order valence-corrected chi connectivity index (χ1v) is 6.66. The fourth-order valence-electron chi connectivity index (χ4n) is 2.31. The predicted octanol–water partition coefficient (Wildman–Crippen LogP) is -1.89. The Hall–Kier alpha value is -1.63. The van der Waals surface area contributed by atoms with Crippen LogP contribution in [0.2, 0.25) is 0 Å². The molecule has 0 atom stereocenters. The summed E-state index contributed by atoms with van der Waals surface area (Å²) in [6.07, 6.45) is 0. The molecule has 0 aliphatic carbocycles. The normalized spacial score (nSPS) is 21.0. The van der Waals surface area contributed by atoms with Gasteiger partial charge in [0.15, 0.2) is 0 Å². The van der Waals surface area contributed by atoms with Gasteiger partial charge in [-0.2, -0.15) is 0 Å². The molecule has 7 nitrogen and oxygen atoms in total. The maximum absolute atomic E-state index is 12.0.